The minimum atomic E-state index is -1.23. The van der Waals surface area contributed by atoms with Crippen LogP contribution in [0.25, 0.3) is 0 Å². The quantitative estimate of drug-likeness (QED) is 0.597. The number of hydrogen-bond acceptors (Lipinski definition) is 4. The molecule has 0 aliphatic heterocycles. The third-order valence-corrected chi connectivity index (χ3v) is 3.53. The highest BCUT2D eigenvalue weighted by molar-refractivity contribution is 6.34. The van der Waals surface area contributed by atoms with Gasteiger partial charge in [-0.3, -0.25) is 10.1 Å². The monoisotopic (exact) mass is 354 g/mol. The third-order valence-electron chi connectivity index (χ3n) is 3.10. The van der Waals surface area contributed by atoms with Crippen molar-refractivity contribution in [3.8, 4) is 0 Å². The molecule has 0 saturated heterocycles. The van der Waals surface area contributed by atoms with Crippen molar-refractivity contribution in [2.75, 3.05) is 11.9 Å². The molecule has 120 valence electrons. The van der Waals surface area contributed by atoms with Crippen LogP contribution in [0, 0.1) is 10.1 Å². The van der Waals surface area contributed by atoms with Crippen LogP contribution in [-0.2, 0) is 6.42 Å². The van der Waals surface area contributed by atoms with Crippen LogP contribution in [0.4, 0.5) is 11.4 Å². The van der Waals surface area contributed by atoms with Gasteiger partial charge in [0.15, 0.2) is 0 Å². The summed E-state index contributed by atoms with van der Waals surface area (Å²) in [5.41, 5.74) is 0.794. The van der Waals surface area contributed by atoms with Crippen LogP contribution < -0.4 is 5.32 Å². The minimum absolute atomic E-state index is 0.150. The minimum Gasteiger partial charge on any atom is -0.478 e. The van der Waals surface area contributed by atoms with E-state index in [9.17, 15) is 14.9 Å². The molecule has 0 bridgehead atoms. The average molecular weight is 355 g/mol. The number of aromatic carboxylic acids is 1. The third kappa shape index (κ3) is 4.58. The van der Waals surface area contributed by atoms with E-state index < -0.39 is 10.9 Å². The number of nitro benzene ring substituents is 1. The van der Waals surface area contributed by atoms with Crippen LogP contribution in [0.2, 0.25) is 10.0 Å². The number of carbonyl (C=O) groups is 1. The molecule has 2 aromatic rings. The van der Waals surface area contributed by atoms with Crippen molar-refractivity contribution in [1.82, 2.24) is 0 Å². The second kappa shape index (κ2) is 7.30. The molecule has 0 radical (unpaired) electrons. The number of carboxylic acid groups (broad SMARTS) is 1. The Morgan fingerprint density at radius 1 is 1.17 bits per heavy atom. The molecule has 23 heavy (non-hydrogen) atoms. The van der Waals surface area contributed by atoms with Gasteiger partial charge in [0.25, 0.3) is 5.69 Å². The summed E-state index contributed by atoms with van der Waals surface area (Å²) in [6, 6.07) is 8.82. The first-order chi connectivity index (χ1) is 10.9. The number of nitrogens with zero attached hydrogens (tertiary/aromatic N) is 1. The van der Waals surface area contributed by atoms with Gasteiger partial charge in [-0.15, -0.1) is 0 Å². The van der Waals surface area contributed by atoms with Gasteiger partial charge in [-0.05, 0) is 36.2 Å². The lowest BCUT2D eigenvalue weighted by molar-refractivity contribution is -0.384. The number of nitro groups is 1. The predicted octanol–water partition coefficient (Wildman–Crippen LogP) is 4.25. The lowest BCUT2D eigenvalue weighted by Crippen LogP contribution is -2.10. The molecule has 0 aliphatic carbocycles. The fourth-order valence-corrected chi connectivity index (χ4v) is 2.64. The van der Waals surface area contributed by atoms with Gasteiger partial charge in [0, 0.05) is 34.4 Å². The van der Waals surface area contributed by atoms with Gasteiger partial charge >= 0.3 is 5.97 Å². The Balaban J connectivity index is 2.10. The fraction of sp³-hybridized carbons (Fsp3) is 0.133. The number of halogens is 2. The molecule has 0 spiro atoms. The van der Waals surface area contributed by atoms with E-state index in [0.29, 0.717) is 28.7 Å². The SMILES string of the molecule is O=C(O)c1cc([N+](=O)[O-])ccc1NCCc1cc(Cl)cc(Cl)c1. The van der Waals surface area contributed by atoms with Gasteiger partial charge < -0.3 is 10.4 Å². The Morgan fingerprint density at radius 3 is 2.39 bits per heavy atom. The Morgan fingerprint density at radius 2 is 1.83 bits per heavy atom. The highest BCUT2D eigenvalue weighted by atomic mass is 35.5. The number of hydrogen-bond donors (Lipinski definition) is 2. The van der Waals surface area contributed by atoms with Gasteiger partial charge in [0.1, 0.15) is 0 Å². The van der Waals surface area contributed by atoms with E-state index in [1.165, 1.54) is 12.1 Å². The first-order valence-electron chi connectivity index (χ1n) is 6.57. The van der Waals surface area contributed by atoms with Crippen molar-refractivity contribution in [2.45, 2.75) is 6.42 Å². The number of benzene rings is 2. The number of carboxylic acids is 1. The van der Waals surface area contributed by atoms with Gasteiger partial charge in [-0.2, -0.15) is 0 Å². The molecule has 6 nitrogen and oxygen atoms in total. The summed E-state index contributed by atoms with van der Waals surface area (Å²) >= 11 is 11.8. The predicted molar refractivity (Wildman–Crippen MR) is 88.7 cm³/mol. The maximum absolute atomic E-state index is 11.2. The molecule has 0 heterocycles. The summed E-state index contributed by atoms with van der Waals surface area (Å²) in [5, 5.41) is 23.9. The maximum atomic E-state index is 11.2. The molecular formula is C15H12Cl2N2O4. The van der Waals surface area contributed by atoms with Gasteiger partial charge in [-0.25, -0.2) is 4.79 Å². The molecular weight excluding hydrogens is 343 g/mol. The number of anilines is 1. The van der Waals surface area contributed by atoms with E-state index >= 15 is 0 Å². The first-order valence-corrected chi connectivity index (χ1v) is 7.33. The zero-order valence-corrected chi connectivity index (χ0v) is 13.3. The van der Waals surface area contributed by atoms with Crippen molar-refractivity contribution in [2.24, 2.45) is 0 Å². The molecule has 0 fully saturated rings. The number of nitrogens with one attached hydrogen (secondary N) is 1. The second-order valence-corrected chi connectivity index (χ2v) is 5.62. The van der Waals surface area contributed by atoms with E-state index in [2.05, 4.69) is 5.32 Å². The molecule has 0 saturated carbocycles. The van der Waals surface area contributed by atoms with Crippen LogP contribution in [0.5, 0.6) is 0 Å². The zero-order chi connectivity index (χ0) is 17.0. The summed E-state index contributed by atoms with van der Waals surface area (Å²) < 4.78 is 0. The molecule has 0 atom stereocenters. The lowest BCUT2D eigenvalue weighted by Gasteiger charge is -2.10. The van der Waals surface area contributed by atoms with Crippen molar-refractivity contribution in [3.05, 3.63) is 67.7 Å². The summed E-state index contributed by atoms with van der Waals surface area (Å²) in [4.78, 5) is 21.3. The largest absolute Gasteiger partial charge is 0.478 e. The van der Waals surface area contributed by atoms with Crippen molar-refractivity contribution in [3.63, 3.8) is 0 Å². The molecule has 0 unspecified atom stereocenters. The van der Waals surface area contributed by atoms with Gasteiger partial charge in [0.2, 0.25) is 0 Å². The van der Waals surface area contributed by atoms with Crippen LogP contribution >= 0.6 is 23.2 Å². The maximum Gasteiger partial charge on any atom is 0.338 e. The smallest absolute Gasteiger partial charge is 0.338 e. The molecule has 0 aliphatic rings. The van der Waals surface area contributed by atoms with E-state index in [4.69, 9.17) is 28.3 Å². The van der Waals surface area contributed by atoms with Crippen molar-refractivity contribution < 1.29 is 14.8 Å². The Bertz CT molecular complexity index is 745. The van der Waals surface area contributed by atoms with Crippen LogP contribution in [-0.4, -0.2) is 22.5 Å². The zero-order valence-electron chi connectivity index (χ0n) is 11.8. The van der Waals surface area contributed by atoms with Crippen LogP contribution in [0.1, 0.15) is 15.9 Å². The van der Waals surface area contributed by atoms with E-state index in [0.717, 1.165) is 11.6 Å². The molecule has 0 aromatic heterocycles. The highest BCUT2D eigenvalue weighted by Gasteiger charge is 2.15. The molecule has 2 rings (SSSR count). The van der Waals surface area contributed by atoms with Crippen LogP contribution in [0.15, 0.2) is 36.4 Å². The number of rotatable bonds is 6. The standard InChI is InChI=1S/C15H12Cl2N2O4/c16-10-5-9(6-11(17)7-10)3-4-18-14-2-1-12(19(22)23)8-13(14)15(20)21/h1-2,5-8,18H,3-4H2,(H,20,21). The van der Waals surface area contributed by atoms with Crippen molar-refractivity contribution in [1.29, 1.82) is 0 Å². The summed E-state index contributed by atoms with van der Waals surface area (Å²) in [7, 11) is 0. The Labute approximate surface area is 141 Å². The lowest BCUT2D eigenvalue weighted by atomic mass is 10.1. The fourth-order valence-electron chi connectivity index (χ4n) is 2.07. The first kappa shape index (κ1) is 17.1. The molecule has 8 heteroatoms. The normalized spacial score (nSPS) is 10.3. The topological polar surface area (TPSA) is 92.5 Å². The van der Waals surface area contributed by atoms with Crippen molar-refractivity contribution >= 4 is 40.5 Å². The Kier molecular flexibility index (Phi) is 5.41. The highest BCUT2D eigenvalue weighted by Crippen LogP contribution is 2.23. The summed E-state index contributed by atoms with van der Waals surface area (Å²) in [5.74, 6) is -1.23. The molecule has 2 aromatic carbocycles. The van der Waals surface area contributed by atoms with Gasteiger partial charge in [0.05, 0.1) is 10.5 Å². The summed E-state index contributed by atoms with van der Waals surface area (Å²) in [6.45, 7) is 0.425. The van der Waals surface area contributed by atoms with E-state index in [1.807, 2.05) is 0 Å². The number of non-ortho nitro benzene ring substituents is 1. The van der Waals surface area contributed by atoms with E-state index in [1.54, 1.807) is 18.2 Å². The van der Waals surface area contributed by atoms with E-state index in [-0.39, 0.29) is 11.3 Å². The van der Waals surface area contributed by atoms with Gasteiger partial charge in [-0.1, -0.05) is 23.2 Å². The molecule has 0 amide bonds. The second-order valence-electron chi connectivity index (χ2n) is 4.75. The molecule has 2 N–H and O–H groups in total. The van der Waals surface area contributed by atoms with Crippen LogP contribution in [0.3, 0.4) is 0 Å². The summed E-state index contributed by atoms with van der Waals surface area (Å²) in [6.07, 6.45) is 0.566. The average Bonchev–Trinajstić information content (AvgIpc) is 2.46. The Hall–Kier alpha value is -2.31.